The summed E-state index contributed by atoms with van der Waals surface area (Å²) in [6, 6.07) is 15.3. The van der Waals surface area contributed by atoms with Gasteiger partial charge in [-0.1, -0.05) is 49.4 Å². The van der Waals surface area contributed by atoms with E-state index in [4.69, 9.17) is 10.6 Å². The molecule has 0 heterocycles. The standard InChI is InChI=1S/C17H24N2O/c1-13(9-10-20-2)17(19-18)12-14-7-8-15-5-3-4-6-16(15)11-14/h3-8,11,13,17,19H,9-10,12,18H2,1-2H3. The van der Waals surface area contributed by atoms with E-state index < -0.39 is 0 Å². The summed E-state index contributed by atoms with van der Waals surface area (Å²) in [5.74, 6) is 6.19. The fraction of sp³-hybridized carbons (Fsp3) is 0.412. The predicted molar refractivity (Wildman–Crippen MR) is 84.4 cm³/mol. The van der Waals surface area contributed by atoms with Gasteiger partial charge in [-0.3, -0.25) is 11.3 Å². The number of benzene rings is 2. The number of nitrogens with one attached hydrogen (secondary N) is 1. The minimum Gasteiger partial charge on any atom is -0.385 e. The van der Waals surface area contributed by atoms with Gasteiger partial charge in [0.1, 0.15) is 0 Å². The maximum absolute atomic E-state index is 5.72. The summed E-state index contributed by atoms with van der Waals surface area (Å²) < 4.78 is 5.15. The lowest BCUT2D eigenvalue weighted by Crippen LogP contribution is -2.41. The van der Waals surface area contributed by atoms with Gasteiger partial charge in [0.2, 0.25) is 0 Å². The molecule has 3 heteroatoms. The Labute approximate surface area is 121 Å². The SMILES string of the molecule is COCCC(C)C(Cc1ccc2ccccc2c1)NN. The normalized spacial score (nSPS) is 14.3. The van der Waals surface area contributed by atoms with E-state index in [0.717, 1.165) is 19.4 Å². The molecule has 3 N–H and O–H groups in total. The van der Waals surface area contributed by atoms with E-state index in [1.807, 2.05) is 0 Å². The zero-order valence-electron chi connectivity index (χ0n) is 12.3. The summed E-state index contributed by atoms with van der Waals surface area (Å²) in [7, 11) is 1.74. The Hall–Kier alpha value is -1.42. The Bertz CT molecular complexity index is 541. The third kappa shape index (κ3) is 3.79. The van der Waals surface area contributed by atoms with Crippen molar-refractivity contribution in [3.8, 4) is 0 Å². The van der Waals surface area contributed by atoms with Crippen LogP contribution in [0.2, 0.25) is 0 Å². The van der Waals surface area contributed by atoms with Crippen LogP contribution in [-0.2, 0) is 11.2 Å². The minimum atomic E-state index is 0.270. The number of rotatable bonds is 7. The summed E-state index contributed by atoms with van der Waals surface area (Å²) in [4.78, 5) is 0. The fourth-order valence-electron chi connectivity index (χ4n) is 2.55. The summed E-state index contributed by atoms with van der Waals surface area (Å²) in [6.45, 7) is 2.99. The van der Waals surface area contributed by atoms with Crippen molar-refractivity contribution in [2.24, 2.45) is 11.8 Å². The van der Waals surface area contributed by atoms with Crippen LogP contribution in [0.4, 0.5) is 0 Å². The molecule has 0 aliphatic heterocycles. The smallest absolute Gasteiger partial charge is 0.0465 e. The van der Waals surface area contributed by atoms with Crippen LogP contribution in [0, 0.1) is 5.92 Å². The molecule has 2 unspecified atom stereocenters. The summed E-state index contributed by atoms with van der Waals surface area (Å²) >= 11 is 0. The molecule has 0 aliphatic rings. The van der Waals surface area contributed by atoms with E-state index in [0.29, 0.717) is 5.92 Å². The van der Waals surface area contributed by atoms with Crippen molar-refractivity contribution in [1.82, 2.24) is 5.43 Å². The first-order chi connectivity index (χ1) is 9.74. The molecule has 0 fully saturated rings. The van der Waals surface area contributed by atoms with Crippen LogP contribution in [0.25, 0.3) is 10.8 Å². The molecule has 2 aromatic rings. The molecule has 20 heavy (non-hydrogen) atoms. The number of ether oxygens (including phenoxy) is 1. The average Bonchev–Trinajstić information content (AvgIpc) is 2.50. The van der Waals surface area contributed by atoms with E-state index in [1.54, 1.807) is 7.11 Å². The first-order valence-corrected chi connectivity index (χ1v) is 7.17. The average molecular weight is 272 g/mol. The van der Waals surface area contributed by atoms with Crippen molar-refractivity contribution in [2.75, 3.05) is 13.7 Å². The molecule has 108 valence electrons. The molecular weight excluding hydrogens is 248 g/mol. The van der Waals surface area contributed by atoms with Gasteiger partial charge in [0.25, 0.3) is 0 Å². The van der Waals surface area contributed by atoms with Crippen molar-refractivity contribution >= 4 is 10.8 Å². The van der Waals surface area contributed by atoms with Gasteiger partial charge in [-0.05, 0) is 35.1 Å². The summed E-state index contributed by atoms with van der Waals surface area (Å²) in [6.07, 6.45) is 1.95. The molecule has 2 atom stereocenters. The van der Waals surface area contributed by atoms with Gasteiger partial charge < -0.3 is 4.74 Å². The van der Waals surface area contributed by atoms with Gasteiger partial charge in [0.15, 0.2) is 0 Å². The number of hydrogen-bond donors (Lipinski definition) is 2. The second-order valence-corrected chi connectivity index (χ2v) is 5.42. The minimum absolute atomic E-state index is 0.270. The van der Waals surface area contributed by atoms with Crippen LogP contribution in [0.1, 0.15) is 18.9 Å². The Kier molecular flexibility index (Phi) is 5.53. The zero-order valence-corrected chi connectivity index (χ0v) is 12.3. The van der Waals surface area contributed by atoms with Gasteiger partial charge in [-0.2, -0.15) is 0 Å². The van der Waals surface area contributed by atoms with Gasteiger partial charge in [0.05, 0.1) is 0 Å². The van der Waals surface area contributed by atoms with Crippen LogP contribution in [0.3, 0.4) is 0 Å². The van der Waals surface area contributed by atoms with Crippen LogP contribution < -0.4 is 11.3 Å². The molecule has 0 saturated heterocycles. The molecule has 0 radical (unpaired) electrons. The monoisotopic (exact) mass is 272 g/mol. The van der Waals surface area contributed by atoms with Gasteiger partial charge in [0, 0.05) is 19.8 Å². The molecule has 2 rings (SSSR count). The van der Waals surface area contributed by atoms with Gasteiger partial charge in [-0.25, -0.2) is 0 Å². The molecule has 0 amide bonds. The Morgan fingerprint density at radius 3 is 2.60 bits per heavy atom. The topological polar surface area (TPSA) is 47.3 Å². The molecule has 2 aromatic carbocycles. The Balaban J connectivity index is 2.08. The number of hydrazine groups is 1. The van der Waals surface area contributed by atoms with Crippen LogP contribution in [0.15, 0.2) is 42.5 Å². The molecule has 0 aromatic heterocycles. The van der Waals surface area contributed by atoms with Crippen LogP contribution >= 0.6 is 0 Å². The quantitative estimate of drug-likeness (QED) is 0.602. The highest BCUT2D eigenvalue weighted by Crippen LogP contribution is 2.19. The highest BCUT2D eigenvalue weighted by Gasteiger charge is 2.16. The number of fused-ring (bicyclic) bond motifs is 1. The maximum atomic E-state index is 5.72. The highest BCUT2D eigenvalue weighted by molar-refractivity contribution is 5.82. The van der Waals surface area contributed by atoms with Crippen molar-refractivity contribution in [2.45, 2.75) is 25.8 Å². The lowest BCUT2D eigenvalue weighted by atomic mass is 9.92. The Morgan fingerprint density at radius 2 is 1.90 bits per heavy atom. The maximum Gasteiger partial charge on any atom is 0.0465 e. The third-order valence-electron chi connectivity index (χ3n) is 3.95. The fourth-order valence-corrected chi connectivity index (χ4v) is 2.55. The van der Waals surface area contributed by atoms with Gasteiger partial charge >= 0.3 is 0 Å². The van der Waals surface area contributed by atoms with Crippen LogP contribution in [-0.4, -0.2) is 19.8 Å². The second-order valence-electron chi connectivity index (χ2n) is 5.42. The predicted octanol–water partition coefficient (Wildman–Crippen LogP) is 2.89. The molecule has 0 spiro atoms. The molecule has 0 bridgehead atoms. The number of hydrogen-bond acceptors (Lipinski definition) is 3. The van der Waals surface area contributed by atoms with E-state index in [2.05, 4.69) is 54.8 Å². The molecule has 0 saturated carbocycles. The third-order valence-corrected chi connectivity index (χ3v) is 3.95. The first kappa shape index (κ1) is 15.0. The number of nitrogens with two attached hydrogens (primary N) is 1. The summed E-state index contributed by atoms with van der Waals surface area (Å²) in [5.41, 5.74) is 4.27. The Morgan fingerprint density at radius 1 is 1.15 bits per heavy atom. The van der Waals surface area contributed by atoms with E-state index >= 15 is 0 Å². The molecule has 3 nitrogen and oxygen atoms in total. The summed E-state index contributed by atoms with van der Waals surface area (Å²) in [5, 5.41) is 2.56. The van der Waals surface area contributed by atoms with Crippen molar-refractivity contribution in [3.63, 3.8) is 0 Å². The second kappa shape index (κ2) is 7.39. The van der Waals surface area contributed by atoms with Crippen molar-refractivity contribution in [1.29, 1.82) is 0 Å². The lowest BCUT2D eigenvalue weighted by molar-refractivity contribution is 0.170. The molecular formula is C17H24N2O. The number of methoxy groups -OCH3 is 1. The van der Waals surface area contributed by atoms with E-state index in [9.17, 15) is 0 Å². The van der Waals surface area contributed by atoms with Crippen molar-refractivity contribution in [3.05, 3.63) is 48.0 Å². The van der Waals surface area contributed by atoms with E-state index in [1.165, 1.54) is 16.3 Å². The van der Waals surface area contributed by atoms with Crippen molar-refractivity contribution < 1.29 is 4.74 Å². The van der Waals surface area contributed by atoms with Crippen LogP contribution in [0.5, 0.6) is 0 Å². The lowest BCUT2D eigenvalue weighted by Gasteiger charge is -2.23. The van der Waals surface area contributed by atoms with Gasteiger partial charge in [-0.15, -0.1) is 0 Å². The highest BCUT2D eigenvalue weighted by atomic mass is 16.5. The largest absolute Gasteiger partial charge is 0.385 e. The molecule has 0 aliphatic carbocycles. The van der Waals surface area contributed by atoms with E-state index in [-0.39, 0.29) is 6.04 Å². The zero-order chi connectivity index (χ0) is 14.4. The first-order valence-electron chi connectivity index (χ1n) is 7.17.